The van der Waals surface area contributed by atoms with Gasteiger partial charge in [-0.25, -0.2) is 4.79 Å². The highest BCUT2D eigenvalue weighted by atomic mass is 32.2. The fourth-order valence-electron chi connectivity index (χ4n) is 2.70. The van der Waals surface area contributed by atoms with Crippen molar-refractivity contribution in [3.05, 3.63) is 0 Å². The normalized spacial score (nSPS) is 29.6. The molecule has 2 heterocycles. The molecule has 0 saturated carbocycles. The van der Waals surface area contributed by atoms with Gasteiger partial charge in [0.1, 0.15) is 0 Å². The van der Waals surface area contributed by atoms with E-state index >= 15 is 0 Å². The zero-order valence-electron chi connectivity index (χ0n) is 11.2. The molecule has 2 atom stereocenters. The molecule has 2 saturated heterocycles. The molecule has 18 heavy (non-hydrogen) atoms. The molecule has 2 rings (SSSR count). The molecule has 1 N–H and O–H groups in total. The first kappa shape index (κ1) is 14.0. The molecule has 1 amide bonds. The summed E-state index contributed by atoms with van der Waals surface area (Å²) in [5.41, 5.74) is 0. The van der Waals surface area contributed by atoms with Crippen LogP contribution in [-0.4, -0.2) is 79.3 Å². The number of thioether (sulfide) groups is 1. The monoisotopic (exact) mass is 273 g/mol. The molecule has 0 aromatic rings. The van der Waals surface area contributed by atoms with Crippen LogP contribution in [0, 0.1) is 0 Å². The Morgan fingerprint density at radius 2 is 2.06 bits per heavy atom. The Hall–Kier alpha value is -0.460. The third-order valence-electron chi connectivity index (χ3n) is 3.74. The minimum absolute atomic E-state index is 0.164. The van der Waals surface area contributed by atoms with Crippen LogP contribution in [0.5, 0.6) is 0 Å². The van der Waals surface area contributed by atoms with Crippen LogP contribution in [0.2, 0.25) is 0 Å². The summed E-state index contributed by atoms with van der Waals surface area (Å²) in [6.07, 6.45) is 2.02. The maximum absolute atomic E-state index is 11.6. The lowest BCUT2D eigenvalue weighted by Crippen LogP contribution is -2.54. The number of hydrogen-bond acceptors (Lipinski definition) is 5. The lowest BCUT2D eigenvalue weighted by atomic mass is 10.2. The Bertz CT molecular complexity index is 282. The zero-order valence-corrected chi connectivity index (χ0v) is 12.0. The van der Waals surface area contributed by atoms with Crippen molar-refractivity contribution < 1.29 is 9.53 Å². The Morgan fingerprint density at radius 1 is 1.33 bits per heavy atom. The number of rotatable bonds is 3. The standard InChI is InChI=1S/C12H23N3O2S/c1-3-17-12(16)15-6-4-14(5-7-15)10-8-13-9-11(10)18-2/h10-11,13H,3-9H2,1-2H3. The molecule has 0 spiro atoms. The van der Waals surface area contributed by atoms with Gasteiger partial charge in [-0.1, -0.05) is 0 Å². The van der Waals surface area contributed by atoms with Gasteiger partial charge in [-0.05, 0) is 13.2 Å². The minimum atomic E-state index is -0.164. The number of piperazine rings is 1. The van der Waals surface area contributed by atoms with Gasteiger partial charge in [0.05, 0.1) is 6.61 Å². The minimum Gasteiger partial charge on any atom is -0.450 e. The van der Waals surface area contributed by atoms with Crippen LogP contribution < -0.4 is 5.32 Å². The quantitative estimate of drug-likeness (QED) is 0.809. The number of ether oxygens (including phenoxy) is 1. The average molecular weight is 273 g/mol. The van der Waals surface area contributed by atoms with Crippen LogP contribution in [0.3, 0.4) is 0 Å². The molecule has 2 aliphatic heterocycles. The smallest absolute Gasteiger partial charge is 0.409 e. The summed E-state index contributed by atoms with van der Waals surface area (Å²) in [5, 5.41) is 4.14. The summed E-state index contributed by atoms with van der Waals surface area (Å²) in [5.74, 6) is 0. The highest BCUT2D eigenvalue weighted by Crippen LogP contribution is 2.21. The van der Waals surface area contributed by atoms with Crippen molar-refractivity contribution in [1.29, 1.82) is 0 Å². The fourth-order valence-corrected chi connectivity index (χ4v) is 3.56. The van der Waals surface area contributed by atoms with Crippen LogP contribution >= 0.6 is 11.8 Å². The third-order valence-corrected chi connectivity index (χ3v) is 4.83. The first-order chi connectivity index (χ1) is 8.76. The molecule has 2 aliphatic rings. The van der Waals surface area contributed by atoms with E-state index in [0.29, 0.717) is 17.9 Å². The van der Waals surface area contributed by atoms with E-state index in [9.17, 15) is 4.79 Å². The molecular weight excluding hydrogens is 250 g/mol. The second-order valence-corrected chi connectivity index (χ2v) is 5.80. The van der Waals surface area contributed by atoms with Gasteiger partial charge < -0.3 is 15.0 Å². The van der Waals surface area contributed by atoms with Gasteiger partial charge in [-0.2, -0.15) is 11.8 Å². The second-order valence-electron chi connectivity index (χ2n) is 4.72. The number of amides is 1. The molecule has 0 aromatic carbocycles. The molecule has 0 aliphatic carbocycles. The Balaban J connectivity index is 1.81. The maximum Gasteiger partial charge on any atom is 0.409 e. The van der Waals surface area contributed by atoms with Gasteiger partial charge in [0, 0.05) is 50.6 Å². The molecule has 0 radical (unpaired) electrons. The number of carbonyl (C=O) groups excluding carboxylic acids is 1. The van der Waals surface area contributed by atoms with E-state index in [1.807, 2.05) is 23.6 Å². The first-order valence-corrected chi connectivity index (χ1v) is 7.94. The first-order valence-electron chi connectivity index (χ1n) is 6.65. The summed E-state index contributed by atoms with van der Waals surface area (Å²) in [7, 11) is 0. The highest BCUT2D eigenvalue weighted by molar-refractivity contribution is 7.99. The van der Waals surface area contributed by atoms with Crippen molar-refractivity contribution >= 4 is 17.9 Å². The van der Waals surface area contributed by atoms with E-state index in [1.54, 1.807) is 0 Å². The highest BCUT2D eigenvalue weighted by Gasteiger charge is 2.34. The summed E-state index contributed by atoms with van der Waals surface area (Å²) < 4.78 is 5.04. The Morgan fingerprint density at radius 3 is 2.67 bits per heavy atom. The SMILES string of the molecule is CCOC(=O)N1CCN(C2CNCC2SC)CC1. The second kappa shape index (κ2) is 6.63. The van der Waals surface area contributed by atoms with E-state index in [-0.39, 0.29) is 6.09 Å². The van der Waals surface area contributed by atoms with E-state index in [0.717, 1.165) is 39.3 Å². The van der Waals surface area contributed by atoms with Crippen LogP contribution in [-0.2, 0) is 4.74 Å². The molecule has 104 valence electrons. The number of nitrogens with one attached hydrogen (secondary N) is 1. The average Bonchev–Trinajstić information content (AvgIpc) is 2.87. The zero-order chi connectivity index (χ0) is 13.0. The lowest BCUT2D eigenvalue weighted by Gasteiger charge is -2.38. The fraction of sp³-hybridized carbons (Fsp3) is 0.917. The number of hydrogen-bond donors (Lipinski definition) is 1. The summed E-state index contributed by atoms with van der Waals surface area (Å²) in [4.78, 5) is 15.9. The Kier molecular flexibility index (Phi) is 5.14. The molecule has 0 aromatic heterocycles. The summed E-state index contributed by atoms with van der Waals surface area (Å²) >= 11 is 1.94. The van der Waals surface area contributed by atoms with Crippen LogP contribution in [0.25, 0.3) is 0 Å². The predicted octanol–water partition coefficient (Wildman–Crippen LogP) is 0.464. The van der Waals surface area contributed by atoms with E-state index in [1.165, 1.54) is 0 Å². The molecule has 6 heteroatoms. The van der Waals surface area contributed by atoms with Gasteiger partial charge in [0.2, 0.25) is 0 Å². The molecular formula is C12H23N3O2S. The molecule has 0 bridgehead atoms. The van der Waals surface area contributed by atoms with Crippen LogP contribution in [0.1, 0.15) is 6.92 Å². The maximum atomic E-state index is 11.6. The summed E-state index contributed by atoms with van der Waals surface area (Å²) in [6.45, 7) is 7.98. The lowest BCUT2D eigenvalue weighted by molar-refractivity contribution is 0.0696. The molecule has 2 unspecified atom stereocenters. The predicted molar refractivity (Wildman–Crippen MR) is 74.1 cm³/mol. The Labute approximate surface area is 113 Å². The van der Waals surface area contributed by atoms with Crippen molar-refractivity contribution in [3.63, 3.8) is 0 Å². The number of nitrogens with zero attached hydrogens (tertiary/aromatic N) is 2. The third kappa shape index (κ3) is 3.10. The van der Waals surface area contributed by atoms with E-state index in [2.05, 4.69) is 16.5 Å². The van der Waals surface area contributed by atoms with Crippen LogP contribution in [0.15, 0.2) is 0 Å². The summed E-state index contributed by atoms with van der Waals surface area (Å²) in [6, 6.07) is 0.615. The van der Waals surface area contributed by atoms with Crippen molar-refractivity contribution in [2.45, 2.75) is 18.2 Å². The van der Waals surface area contributed by atoms with Gasteiger partial charge in [-0.3, -0.25) is 4.90 Å². The van der Waals surface area contributed by atoms with Gasteiger partial charge in [-0.15, -0.1) is 0 Å². The molecule has 5 nitrogen and oxygen atoms in total. The molecule has 2 fully saturated rings. The number of carbonyl (C=O) groups is 1. The van der Waals surface area contributed by atoms with Crippen LogP contribution in [0.4, 0.5) is 4.79 Å². The van der Waals surface area contributed by atoms with Crippen molar-refractivity contribution in [2.24, 2.45) is 0 Å². The topological polar surface area (TPSA) is 44.8 Å². The largest absolute Gasteiger partial charge is 0.450 e. The van der Waals surface area contributed by atoms with Crippen molar-refractivity contribution in [2.75, 3.05) is 52.1 Å². The van der Waals surface area contributed by atoms with E-state index in [4.69, 9.17) is 4.74 Å². The van der Waals surface area contributed by atoms with Gasteiger partial charge in [0.15, 0.2) is 0 Å². The van der Waals surface area contributed by atoms with Gasteiger partial charge >= 0.3 is 6.09 Å². The van der Waals surface area contributed by atoms with Gasteiger partial charge in [0.25, 0.3) is 0 Å². The van der Waals surface area contributed by atoms with E-state index < -0.39 is 0 Å². The van der Waals surface area contributed by atoms with Crippen molar-refractivity contribution in [1.82, 2.24) is 15.1 Å². The van der Waals surface area contributed by atoms with Crippen molar-refractivity contribution in [3.8, 4) is 0 Å².